The lowest BCUT2D eigenvalue weighted by atomic mass is 9.83. The number of benzene rings is 2. The van der Waals surface area contributed by atoms with Gasteiger partial charge in [-0.05, 0) is 43.0 Å². The van der Waals surface area contributed by atoms with E-state index in [1.807, 2.05) is 35.2 Å². The molecule has 0 radical (unpaired) electrons. The predicted molar refractivity (Wildman–Crippen MR) is 140 cm³/mol. The summed E-state index contributed by atoms with van der Waals surface area (Å²) in [5.74, 6) is -1.05. The number of piperidine rings is 2. The van der Waals surface area contributed by atoms with E-state index in [2.05, 4.69) is 4.90 Å². The Kier molecular flexibility index (Phi) is 9.82. The van der Waals surface area contributed by atoms with Crippen LogP contribution in [-0.4, -0.2) is 71.8 Å². The summed E-state index contributed by atoms with van der Waals surface area (Å²) in [5, 5.41) is 0. The molecule has 2 unspecified atom stereocenters. The monoisotopic (exact) mass is 591 g/mol. The molecular weight excluding hydrogens is 560 g/mol. The van der Waals surface area contributed by atoms with E-state index in [1.54, 1.807) is 6.92 Å². The Balaban J connectivity index is 0.00000441. The third-order valence-corrected chi connectivity index (χ3v) is 7.91. The number of likely N-dealkylation sites (tertiary alicyclic amines) is 2. The van der Waals surface area contributed by atoms with Gasteiger partial charge in [-0.2, -0.15) is 26.3 Å². The molecule has 2 fully saturated rings. The summed E-state index contributed by atoms with van der Waals surface area (Å²) in [6, 6.07) is 10.2. The number of carbonyl (C=O) groups is 2. The number of hydrogen-bond donors (Lipinski definition) is 0. The van der Waals surface area contributed by atoms with E-state index in [1.165, 1.54) is 11.9 Å². The highest BCUT2D eigenvalue weighted by Crippen LogP contribution is 2.38. The van der Waals surface area contributed by atoms with Crippen molar-refractivity contribution in [2.45, 2.75) is 56.5 Å². The van der Waals surface area contributed by atoms with Crippen LogP contribution in [0.2, 0.25) is 0 Å². The molecule has 2 heterocycles. The highest BCUT2D eigenvalue weighted by molar-refractivity contribution is 5.95. The lowest BCUT2D eigenvalue weighted by Gasteiger charge is -2.47. The normalized spacial score (nSPS) is 21.1. The standard InChI is InChI=1S/C28H31F6N3O2.ClH/c1-18(38)36-11-8-23(9-12-36)37-13-10-25(24(17-37)19-6-4-3-5-7-19)35(2)26(39)20-14-21(27(29,30)31)16-22(15-20)28(32,33)34;/h3-7,14-16,23-25H,8-13,17H2,1-2H3;1H. The summed E-state index contributed by atoms with van der Waals surface area (Å²) in [6.45, 7) is 4.06. The SMILES string of the molecule is CC(=O)N1CCC(N2CCC(N(C)C(=O)c3cc(C(F)(F)F)cc(C(F)(F)F)c3)C(c3ccccc3)C2)CC1.Cl. The van der Waals surface area contributed by atoms with Crippen molar-refractivity contribution in [2.24, 2.45) is 0 Å². The number of nitrogens with zero attached hydrogens (tertiary/aromatic N) is 3. The van der Waals surface area contributed by atoms with Crippen LogP contribution in [-0.2, 0) is 17.1 Å². The van der Waals surface area contributed by atoms with Crippen LogP contribution in [0.1, 0.15) is 59.2 Å². The molecule has 40 heavy (non-hydrogen) atoms. The predicted octanol–water partition coefficient (Wildman–Crippen LogP) is 6.09. The Morgan fingerprint density at radius 1 is 0.850 bits per heavy atom. The van der Waals surface area contributed by atoms with Gasteiger partial charge in [0, 0.05) is 63.7 Å². The maximum Gasteiger partial charge on any atom is 0.416 e. The van der Waals surface area contributed by atoms with E-state index >= 15 is 0 Å². The maximum absolute atomic E-state index is 13.4. The molecule has 0 aromatic heterocycles. The lowest BCUT2D eigenvalue weighted by molar-refractivity contribution is -0.143. The van der Waals surface area contributed by atoms with E-state index in [4.69, 9.17) is 0 Å². The fourth-order valence-electron chi connectivity index (χ4n) is 5.77. The largest absolute Gasteiger partial charge is 0.416 e. The number of rotatable bonds is 4. The molecule has 5 nitrogen and oxygen atoms in total. The van der Waals surface area contributed by atoms with Gasteiger partial charge in [-0.1, -0.05) is 30.3 Å². The number of carbonyl (C=O) groups excluding carboxylic acids is 2. The van der Waals surface area contributed by atoms with Crippen LogP contribution in [0.3, 0.4) is 0 Å². The van der Waals surface area contributed by atoms with E-state index in [9.17, 15) is 35.9 Å². The Hall–Kier alpha value is -2.79. The summed E-state index contributed by atoms with van der Waals surface area (Å²) in [6.07, 6.45) is -7.95. The molecule has 2 aliphatic rings. The van der Waals surface area contributed by atoms with Gasteiger partial charge in [-0.25, -0.2) is 0 Å². The number of hydrogen-bond acceptors (Lipinski definition) is 3. The van der Waals surface area contributed by atoms with Crippen LogP contribution in [0, 0.1) is 0 Å². The van der Waals surface area contributed by atoms with E-state index in [0.29, 0.717) is 44.7 Å². The molecule has 0 saturated carbocycles. The number of halogens is 7. The second-order valence-corrected chi connectivity index (χ2v) is 10.3. The lowest BCUT2D eigenvalue weighted by Crippen LogP contribution is -2.55. The molecule has 0 bridgehead atoms. The average Bonchev–Trinajstić information content (AvgIpc) is 2.91. The van der Waals surface area contributed by atoms with Gasteiger partial charge in [0.05, 0.1) is 11.1 Å². The van der Waals surface area contributed by atoms with Gasteiger partial charge in [0.2, 0.25) is 5.91 Å². The molecule has 4 rings (SSSR count). The van der Waals surface area contributed by atoms with Crippen molar-refractivity contribution in [1.29, 1.82) is 0 Å². The molecule has 2 saturated heterocycles. The fourth-order valence-corrected chi connectivity index (χ4v) is 5.77. The van der Waals surface area contributed by atoms with E-state index < -0.39 is 41.0 Å². The minimum absolute atomic E-state index is 0. The number of alkyl halides is 6. The van der Waals surface area contributed by atoms with Crippen molar-refractivity contribution in [3.8, 4) is 0 Å². The third-order valence-electron chi connectivity index (χ3n) is 7.91. The van der Waals surface area contributed by atoms with Crippen LogP contribution < -0.4 is 0 Å². The Bertz CT molecular complexity index is 1150. The summed E-state index contributed by atoms with van der Waals surface area (Å²) < 4.78 is 80.4. The average molecular weight is 592 g/mol. The molecular formula is C28H32ClF6N3O2. The molecule has 0 aliphatic carbocycles. The molecule has 12 heteroatoms. The molecule has 220 valence electrons. The quantitative estimate of drug-likeness (QED) is 0.405. The highest BCUT2D eigenvalue weighted by Gasteiger charge is 2.40. The van der Waals surface area contributed by atoms with E-state index in [-0.39, 0.29) is 36.3 Å². The zero-order valence-corrected chi connectivity index (χ0v) is 23.0. The first-order valence-electron chi connectivity index (χ1n) is 12.9. The minimum Gasteiger partial charge on any atom is -0.343 e. The maximum atomic E-state index is 13.4. The van der Waals surface area contributed by atoms with Gasteiger partial charge in [0.15, 0.2) is 0 Å². The first-order valence-corrected chi connectivity index (χ1v) is 12.9. The topological polar surface area (TPSA) is 43.9 Å². The van der Waals surface area contributed by atoms with Gasteiger partial charge < -0.3 is 9.80 Å². The Morgan fingerprint density at radius 2 is 1.40 bits per heavy atom. The Labute approximate surface area is 235 Å². The second-order valence-electron chi connectivity index (χ2n) is 10.3. The van der Waals surface area contributed by atoms with Crippen molar-refractivity contribution in [2.75, 3.05) is 33.2 Å². The highest BCUT2D eigenvalue weighted by atomic mass is 35.5. The van der Waals surface area contributed by atoms with Gasteiger partial charge in [-0.3, -0.25) is 14.5 Å². The second kappa shape index (κ2) is 12.4. The van der Waals surface area contributed by atoms with Crippen LogP contribution in [0.5, 0.6) is 0 Å². The number of likely N-dealkylation sites (N-methyl/N-ethyl adjacent to an activating group) is 1. The van der Waals surface area contributed by atoms with E-state index in [0.717, 1.165) is 18.4 Å². The summed E-state index contributed by atoms with van der Waals surface area (Å²) >= 11 is 0. The molecule has 2 amide bonds. The molecule has 0 N–H and O–H groups in total. The summed E-state index contributed by atoms with van der Waals surface area (Å²) in [5.41, 5.74) is -2.74. The van der Waals surface area contributed by atoms with Gasteiger partial charge in [0.1, 0.15) is 0 Å². The molecule has 0 spiro atoms. The zero-order chi connectivity index (χ0) is 28.5. The van der Waals surface area contributed by atoms with Gasteiger partial charge in [0.25, 0.3) is 5.91 Å². The third kappa shape index (κ3) is 7.09. The smallest absolute Gasteiger partial charge is 0.343 e. The van der Waals surface area contributed by atoms with Crippen LogP contribution in [0.15, 0.2) is 48.5 Å². The fraction of sp³-hybridized carbons (Fsp3) is 0.500. The minimum atomic E-state index is -5.04. The molecule has 2 atom stereocenters. The molecule has 2 aromatic carbocycles. The van der Waals surface area contributed by atoms with Gasteiger partial charge >= 0.3 is 12.4 Å². The van der Waals surface area contributed by atoms with Crippen molar-refractivity contribution in [3.05, 3.63) is 70.8 Å². The first kappa shape index (κ1) is 31.7. The van der Waals surface area contributed by atoms with Crippen molar-refractivity contribution >= 4 is 24.2 Å². The zero-order valence-electron chi connectivity index (χ0n) is 22.1. The summed E-state index contributed by atoms with van der Waals surface area (Å²) in [7, 11) is 1.44. The first-order chi connectivity index (χ1) is 18.3. The number of amides is 2. The molecule has 2 aliphatic heterocycles. The van der Waals surface area contributed by atoms with Crippen molar-refractivity contribution in [3.63, 3.8) is 0 Å². The van der Waals surface area contributed by atoms with Crippen molar-refractivity contribution < 1.29 is 35.9 Å². The van der Waals surface area contributed by atoms with Crippen LogP contribution in [0.4, 0.5) is 26.3 Å². The van der Waals surface area contributed by atoms with Crippen molar-refractivity contribution in [1.82, 2.24) is 14.7 Å². The molecule has 2 aromatic rings. The summed E-state index contributed by atoms with van der Waals surface area (Å²) in [4.78, 5) is 30.6. The Morgan fingerprint density at radius 3 is 1.90 bits per heavy atom. The van der Waals surface area contributed by atoms with Crippen LogP contribution >= 0.6 is 12.4 Å². The van der Waals surface area contributed by atoms with Crippen LogP contribution in [0.25, 0.3) is 0 Å². The van der Waals surface area contributed by atoms with Gasteiger partial charge in [-0.15, -0.1) is 12.4 Å².